The molecule has 0 aromatic carbocycles. The van der Waals surface area contributed by atoms with Crippen molar-refractivity contribution in [3.63, 3.8) is 0 Å². The standard InChI is InChI=1S/Co.La.Nb.O. The predicted molar refractivity (Wildman–Crippen MR) is 0.686 cm³/mol. The Morgan fingerprint density at radius 2 is 1.25 bits per heavy atom. The summed E-state index contributed by atoms with van der Waals surface area (Å²) in [5, 5.41) is 0. The van der Waals surface area contributed by atoms with Crippen LogP contribution in [0.1, 0.15) is 0 Å². The van der Waals surface area contributed by atoms with Crippen LogP contribution in [0.2, 0.25) is 0 Å². The Bertz CT molecular complexity index is 8.00. The van der Waals surface area contributed by atoms with Crippen molar-refractivity contribution < 1.29 is 76.7 Å². The van der Waals surface area contributed by atoms with Crippen LogP contribution in [0.3, 0.4) is 0 Å². The van der Waals surface area contributed by atoms with Crippen molar-refractivity contribution in [2.75, 3.05) is 0 Å². The molecule has 0 unspecified atom stereocenters. The third kappa shape index (κ3) is 8.87. The van der Waals surface area contributed by atoms with E-state index in [-0.39, 0.29) is 52.4 Å². The maximum absolute atomic E-state index is 8.30. The SMILES string of the molecule is [Co].[La].[O]=[Nb]. The Morgan fingerprint density at radius 3 is 1.25 bits per heavy atom. The quantitative estimate of drug-likeness (QED) is 0.570. The first-order valence-electron chi connectivity index (χ1n) is 0.183. The molecule has 1 nitrogen and oxygen atoms in total. The van der Waals surface area contributed by atoms with Crippen molar-refractivity contribution in [1.29, 1.82) is 0 Å². The Kier molecular flexibility index (Phi) is 76.6. The van der Waals surface area contributed by atoms with Crippen LogP contribution in [0.5, 0.6) is 0 Å². The van der Waals surface area contributed by atoms with E-state index in [0.717, 1.165) is 0 Å². The van der Waals surface area contributed by atoms with Gasteiger partial charge in [0.25, 0.3) is 0 Å². The first-order chi connectivity index (χ1) is 1.00. The van der Waals surface area contributed by atoms with E-state index in [4.69, 9.17) is 3.25 Å². The van der Waals surface area contributed by atoms with Gasteiger partial charge in [-0.25, -0.2) is 0 Å². The van der Waals surface area contributed by atoms with Gasteiger partial charge in [0.2, 0.25) is 0 Å². The Labute approximate surface area is 75.3 Å². The number of rotatable bonds is 0. The van der Waals surface area contributed by atoms with E-state index < -0.39 is 0 Å². The van der Waals surface area contributed by atoms with Gasteiger partial charge in [0.05, 0.1) is 0 Å². The molecular weight excluding hydrogens is 307 g/mol. The van der Waals surface area contributed by atoms with E-state index in [1.54, 1.807) is 0 Å². The van der Waals surface area contributed by atoms with Crippen LogP contribution in [-0.4, -0.2) is 0 Å². The van der Waals surface area contributed by atoms with Gasteiger partial charge in [-0.05, 0) is 0 Å². The number of hydrogen-bond acceptors (Lipinski definition) is 1. The summed E-state index contributed by atoms with van der Waals surface area (Å²) in [7, 11) is 0. The van der Waals surface area contributed by atoms with Crippen molar-refractivity contribution in [1.82, 2.24) is 0 Å². The zero-order valence-electron chi connectivity index (χ0n) is 1.77. The second-order valence-electron chi connectivity index (χ2n) is 0. The Balaban J connectivity index is -0.00000000500. The van der Waals surface area contributed by atoms with Crippen LogP contribution in [0.4, 0.5) is 0 Å². The van der Waals surface area contributed by atoms with Gasteiger partial charge in [-0.15, -0.1) is 0 Å². The molecule has 0 atom stereocenters. The third-order valence-electron chi connectivity index (χ3n) is 0. The molecule has 0 aliphatic heterocycles. The van der Waals surface area contributed by atoms with Crippen molar-refractivity contribution in [3.8, 4) is 0 Å². The third-order valence-corrected chi connectivity index (χ3v) is 0. The number of hydrogen-bond donors (Lipinski definition) is 0. The molecule has 0 rings (SSSR count). The van der Waals surface area contributed by atoms with E-state index in [2.05, 4.69) is 0 Å². The monoisotopic (exact) mass is 307 g/mol. The van der Waals surface area contributed by atoms with Crippen molar-refractivity contribution >= 4 is 0 Å². The normalized spacial score (nSPS) is 0.750. The molecule has 0 aliphatic rings. The van der Waals surface area contributed by atoms with Crippen LogP contribution in [-0.2, 0) is 41.1 Å². The van der Waals surface area contributed by atoms with E-state index >= 15 is 0 Å². The molecule has 4 heteroatoms. The molecule has 2 radical (unpaired) electrons. The molecule has 0 N–H and O–H groups in total. The van der Waals surface area contributed by atoms with Crippen LogP contribution < -0.4 is 0 Å². The molecule has 0 aliphatic carbocycles. The molecule has 0 aromatic heterocycles. The Morgan fingerprint density at radius 1 is 1.25 bits per heavy atom. The average Bonchev–Trinajstić information content (AvgIpc) is 1.00. The van der Waals surface area contributed by atoms with Crippen LogP contribution in [0.15, 0.2) is 0 Å². The molecule has 0 saturated heterocycles. The van der Waals surface area contributed by atoms with Crippen LogP contribution in [0, 0.1) is 35.6 Å². The summed E-state index contributed by atoms with van der Waals surface area (Å²) in [6, 6.07) is 0. The minimum atomic E-state index is 0. The molecular formula is CoLaNbO. The second-order valence-corrected chi connectivity index (χ2v) is 0. The van der Waals surface area contributed by atoms with E-state index in [0.29, 0.717) is 21.0 Å². The van der Waals surface area contributed by atoms with Gasteiger partial charge in [-0.2, -0.15) is 0 Å². The maximum atomic E-state index is 8.30. The molecule has 4 heavy (non-hydrogen) atoms. The van der Waals surface area contributed by atoms with Gasteiger partial charge in [0, 0.05) is 52.4 Å². The Hall–Kier alpha value is 2.24. The molecule has 0 fully saturated rings. The fraction of sp³-hybridized carbons (Fsp3) is 0. The fourth-order valence-corrected chi connectivity index (χ4v) is 0. The van der Waals surface area contributed by atoms with Crippen molar-refractivity contribution in [3.05, 3.63) is 0 Å². The zero-order chi connectivity index (χ0) is 2.00. The van der Waals surface area contributed by atoms with E-state index in [1.165, 1.54) is 0 Å². The molecule has 0 aromatic rings. The van der Waals surface area contributed by atoms with Crippen LogP contribution >= 0.6 is 0 Å². The average molecular weight is 307 g/mol. The summed E-state index contributed by atoms with van der Waals surface area (Å²) in [6.45, 7) is 0. The predicted octanol–water partition coefficient (Wildman–Crippen LogP) is -0.124. The van der Waals surface area contributed by atoms with Crippen LogP contribution in [0.25, 0.3) is 0 Å². The molecule has 0 amide bonds. The van der Waals surface area contributed by atoms with Gasteiger partial charge in [0.1, 0.15) is 0 Å². The van der Waals surface area contributed by atoms with Gasteiger partial charge < -0.3 is 0 Å². The fourth-order valence-electron chi connectivity index (χ4n) is 0. The molecule has 23 valence electrons. The second kappa shape index (κ2) is 18.8. The minimum absolute atomic E-state index is 0. The van der Waals surface area contributed by atoms with Gasteiger partial charge in [-0.1, -0.05) is 0 Å². The zero-order valence-corrected chi connectivity index (χ0v) is 8.63. The summed E-state index contributed by atoms with van der Waals surface area (Å²) in [4.78, 5) is 0. The first-order valence-corrected chi connectivity index (χ1v) is 1.08. The summed E-state index contributed by atoms with van der Waals surface area (Å²) < 4.78 is 8.30. The summed E-state index contributed by atoms with van der Waals surface area (Å²) in [5.41, 5.74) is 0. The summed E-state index contributed by atoms with van der Waals surface area (Å²) >= 11 is 0.500. The van der Waals surface area contributed by atoms with E-state index in [1.807, 2.05) is 0 Å². The van der Waals surface area contributed by atoms with Crippen molar-refractivity contribution in [2.45, 2.75) is 0 Å². The van der Waals surface area contributed by atoms with Gasteiger partial charge >= 0.3 is 24.3 Å². The molecule has 0 spiro atoms. The molecule has 0 heterocycles. The van der Waals surface area contributed by atoms with Gasteiger partial charge in [-0.3, -0.25) is 0 Å². The topological polar surface area (TPSA) is 17.1 Å². The first kappa shape index (κ1) is 16.3. The summed E-state index contributed by atoms with van der Waals surface area (Å²) in [6.07, 6.45) is 0. The van der Waals surface area contributed by atoms with Gasteiger partial charge in [0.15, 0.2) is 0 Å². The summed E-state index contributed by atoms with van der Waals surface area (Å²) in [5.74, 6) is 0. The molecule has 0 bridgehead atoms. The van der Waals surface area contributed by atoms with E-state index in [9.17, 15) is 0 Å². The molecule has 0 saturated carbocycles. The van der Waals surface area contributed by atoms with Crippen molar-refractivity contribution in [2.24, 2.45) is 0 Å².